The first-order chi connectivity index (χ1) is 9.15. The molecule has 100 valence electrons. The van der Waals surface area contributed by atoms with E-state index in [1.807, 2.05) is 38.4 Å². The van der Waals surface area contributed by atoms with Crippen molar-refractivity contribution in [2.24, 2.45) is 0 Å². The monoisotopic (exact) mass is 258 g/mol. The molecule has 2 N–H and O–H groups in total. The van der Waals surface area contributed by atoms with Crippen LogP contribution < -0.4 is 5.32 Å². The van der Waals surface area contributed by atoms with Crippen molar-refractivity contribution in [3.8, 4) is 0 Å². The molecule has 0 fully saturated rings. The molecule has 5 nitrogen and oxygen atoms in total. The molecule has 0 aliphatic carbocycles. The van der Waals surface area contributed by atoms with Gasteiger partial charge in [-0.25, -0.2) is 0 Å². The third-order valence-electron chi connectivity index (χ3n) is 2.72. The Bertz CT molecular complexity index is 517. The van der Waals surface area contributed by atoms with Gasteiger partial charge in [-0.3, -0.25) is 9.89 Å². The van der Waals surface area contributed by atoms with E-state index in [1.165, 1.54) is 5.56 Å². The number of hydrogen-bond acceptors (Lipinski definition) is 3. The standard InChI is InChI=1S/C14H18N4O/c1-18(2)10-11-3-5-13(6-4-11)14(19)15-7-12-8-16-17-9-12/h3-6,8-9H,7,10H2,1-2H3,(H,15,19)(H,16,17). The predicted molar refractivity (Wildman–Crippen MR) is 73.6 cm³/mol. The van der Waals surface area contributed by atoms with Crippen molar-refractivity contribution < 1.29 is 4.79 Å². The van der Waals surface area contributed by atoms with Crippen molar-refractivity contribution in [1.29, 1.82) is 0 Å². The molecule has 1 heterocycles. The van der Waals surface area contributed by atoms with Crippen molar-refractivity contribution in [1.82, 2.24) is 20.4 Å². The summed E-state index contributed by atoms with van der Waals surface area (Å²) in [5.41, 5.74) is 2.82. The summed E-state index contributed by atoms with van der Waals surface area (Å²) >= 11 is 0. The number of carbonyl (C=O) groups is 1. The van der Waals surface area contributed by atoms with Gasteiger partial charge in [0.05, 0.1) is 6.20 Å². The van der Waals surface area contributed by atoms with E-state index in [0.29, 0.717) is 12.1 Å². The maximum Gasteiger partial charge on any atom is 0.251 e. The number of amides is 1. The number of H-pyrrole nitrogens is 1. The highest BCUT2D eigenvalue weighted by atomic mass is 16.1. The molecule has 0 aliphatic rings. The molecule has 0 saturated carbocycles. The SMILES string of the molecule is CN(C)Cc1ccc(C(=O)NCc2cn[nH]c2)cc1. The van der Waals surface area contributed by atoms with Crippen molar-refractivity contribution in [3.63, 3.8) is 0 Å². The molecule has 19 heavy (non-hydrogen) atoms. The van der Waals surface area contributed by atoms with Crippen LogP contribution in [0.5, 0.6) is 0 Å². The molecule has 1 aromatic carbocycles. The Hall–Kier alpha value is -2.14. The second-order valence-corrected chi connectivity index (χ2v) is 4.72. The van der Waals surface area contributed by atoms with E-state index < -0.39 is 0 Å². The lowest BCUT2D eigenvalue weighted by Gasteiger charge is -2.10. The number of rotatable bonds is 5. The fourth-order valence-corrected chi connectivity index (χ4v) is 1.79. The minimum atomic E-state index is -0.0717. The Morgan fingerprint density at radius 2 is 2.00 bits per heavy atom. The van der Waals surface area contributed by atoms with Gasteiger partial charge in [0, 0.05) is 30.4 Å². The molecule has 2 aromatic rings. The van der Waals surface area contributed by atoms with Gasteiger partial charge in [0.15, 0.2) is 0 Å². The maximum absolute atomic E-state index is 11.9. The Morgan fingerprint density at radius 3 is 2.58 bits per heavy atom. The molecule has 0 radical (unpaired) electrons. The fraction of sp³-hybridized carbons (Fsp3) is 0.286. The number of benzene rings is 1. The zero-order valence-corrected chi connectivity index (χ0v) is 11.2. The summed E-state index contributed by atoms with van der Waals surface area (Å²) in [6.45, 7) is 1.35. The average Bonchev–Trinajstić information content (AvgIpc) is 2.89. The Labute approximate surface area is 112 Å². The van der Waals surface area contributed by atoms with Crippen molar-refractivity contribution in [2.75, 3.05) is 14.1 Å². The van der Waals surface area contributed by atoms with Gasteiger partial charge in [0.2, 0.25) is 0 Å². The van der Waals surface area contributed by atoms with Gasteiger partial charge in [0.25, 0.3) is 5.91 Å². The number of aromatic amines is 1. The van der Waals surface area contributed by atoms with E-state index >= 15 is 0 Å². The molecule has 0 atom stereocenters. The first kappa shape index (κ1) is 13.3. The molecular formula is C14H18N4O. The third kappa shape index (κ3) is 3.93. The van der Waals surface area contributed by atoms with Crippen LogP contribution in [0.15, 0.2) is 36.7 Å². The number of hydrogen-bond donors (Lipinski definition) is 2. The first-order valence-corrected chi connectivity index (χ1v) is 6.14. The molecule has 0 aliphatic heterocycles. The summed E-state index contributed by atoms with van der Waals surface area (Å²) in [6, 6.07) is 7.66. The Kier molecular flexibility index (Phi) is 4.30. The topological polar surface area (TPSA) is 61.0 Å². The summed E-state index contributed by atoms with van der Waals surface area (Å²) in [5, 5.41) is 9.40. The predicted octanol–water partition coefficient (Wildman–Crippen LogP) is 1.40. The molecule has 1 aromatic heterocycles. The van der Waals surface area contributed by atoms with Crippen LogP contribution in [0.1, 0.15) is 21.5 Å². The van der Waals surface area contributed by atoms with Gasteiger partial charge in [0.1, 0.15) is 0 Å². The van der Waals surface area contributed by atoms with Gasteiger partial charge >= 0.3 is 0 Å². The van der Waals surface area contributed by atoms with Crippen LogP contribution in [-0.4, -0.2) is 35.1 Å². The summed E-state index contributed by atoms with van der Waals surface area (Å²) in [4.78, 5) is 14.0. The second kappa shape index (κ2) is 6.15. The van der Waals surface area contributed by atoms with Gasteiger partial charge in [-0.15, -0.1) is 0 Å². The highest BCUT2D eigenvalue weighted by Crippen LogP contribution is 2.06. The lowest BCUT2D eigenvalue weighted by Crippen LogP contribution is -2.22. The fourth-order valence-electron chi connectivity index (χ4n) is 1.79. The van der Waals surface area contributed by atoms with Crippen LogP contribution in [0, 0.1) is 0 Å². The van der Waals surface area contributed by atoms with Crippen molar-refractivity contribution >= 4 is 5.91 Å². The zero-order valence-electron chi connectivity index (χ0n) is 11.2. The van der Waals surface area contributed by atoms with Crippen LogP contribution in [0.4, 0.5) is 0 Å². The van der Waals surface area contributed by atoms with Gasteiger partial charge in [-0.2, -0.15) is 5.10 Å². The minimum Gasteiger partial charge on any atom is -0.348 e. The average molecular weight is 258 g/mol. The van der Waals surface area contributed by atoms with Crippen LogP contribution in [0.25, 0.3) is 0 Å². The van der Waals surface area contributed by atoms with E-state index in [-0.39, 0.29) is 5.91 Å². The number of nitrogens with one attached hydrogen (secondary N) is 2. The van der Waals surface area contributed by atoms with E-state index in [4.69, 9.17) is 0 Å². The summed E-state index contributed by atoms with van der Waals surface area (Å²) in [5.74, 6) is -0.0717. The molecule has 0 bridgehead atoms. The van der Waals surface area contributed by atoms with Crippen LogP contribution >= 0.6 is 0 Å². The number of carbonyl (C=O) groups excluding carboxylic acids is 1. The quantitative estimate of drug-likeness (QED) is 0.852. The highest BCUT2D eigenvalue weighted by Gasteiger charge is 2.05. The molecule has 0 spiro atoms. The highest BCUT2D eigenvalue weighted by molar-refractivity contribution is 5.94. The second-order valence-electron chi connectivity index (χ2n) is 4.72. The van der Waals surface area contributed by atoms with Gasteiger partial charge in [-0.05, 0) is 31.8 Å². The minimum absolute atomic E-state index is 0.0717. The van der Waals surface area contributed by atoms with Gasteiger partial charge in [-0.1, -0.05) is 12.1 Å². The smallest absolute Gasteiger partial charge is 0.251 e. The lowest BCUT2D eigenvalue weighted by molar-refractivity contribution is 0.0951. The largest absolute Gasteiger partial charge is 0.348 e. The third-order valence-corrected chi connectivity index (χ3v) is 2.72. The molecular weight excluding hydrogens is 240 g/mol. The van der Waals surface area contributed by atoms with E-state index in [9.17, 15) is 4.79 Å². The Balaban J connectivity index is 1.92. The molecule has 5 heteroatoms. The van der Waals surface area contributed by atoms with E-state index in [0.717, 1.165) is 12.1 Å². The van der Waals surface area contributed by atoms with Crippen LogP contribution in [0.2, 0.25) is 0 Å². The summed E-state index contributed by atoms with van der Waals surface area (Å²) in [7, 11) is 4.04. The molecule has 1 amide bonds. The van der Waals surface area contributed by atoms with Crippen molar-refractivity contribution in [2.45, 2.75) is 13.1 Å². The first-order valence-electron chi connectivity index (χ1n) is 6.14. The van der Waals surface area contributed by atoms with E-state index in [1.54, 1.807) is 12.4 Å². The molecule has 0 unspecified atom stereocenters. The lowest BCUT2D eigenvalue weighted by atomic mass is 10.1. The number of nitrogens with zero attached hydrogens (tertiary/aromatic N) is 2. The maximum atomic E-state index is 11.9. The summed E-state index contributed by atoms with van der Waals surface area (Å²) in [6.07, 6.45) is 3.46. The van der Waals surface area contributed by atoms with Gasteiger partial charge < -0.3 is 10.2 Å². The Morgan fingerprint density at radius 1 is 1.26 bits per heavy atom. The number of aromatic nitrogens is 2. The van der Waals surface area contributed by atoms with Crippen LogP contribution in [-0.2, 0) is 13.1 Å². The molecule has 0 saturated heterocycles. The van der Waals surface area contributed by atoms with Crippen molar-refractivity contribution in [3.05, 3.63) is 53.3 Å². The normalized spacial score (nSPS) is 10.7. The summed E-state index contributed by atoms with van der Waals surface area (Å²) < 4.78 is 0. The van der Waals surface area contributed by atoms with E-state index in [2.05, 4.69) is 20.4 Å². The van der Waals surface area contributed by atoms with Crippen LogP contribution in [0.3, 0.4) is 0 Å². The molecule has 2 rings (SSSR count). The zero-order chi connectivity index (χ0) is 13.7.